The molecule has 2 rings (SSSR count). The summed E-state index contributed by atoms with van der Waals surface area (Å²) in [7, 11) is -0.976. The Morgan fingerprint density at radius 1 is 1.22 bits per heavy atom. The lowest BCUT2D eigenvalue weighted by atomic mass is 9.82. The van der Waals surface area contributed by atoms with Crippen molar-refractivity contribution in [1.29, 1.82) is 0 Å². The highest BCUT2D eigenvalue weighted by molar-refractivity contribution is 7.89. The molecule has 0 aromatic heterocycles. The molecule has 0 heterocycles. The number of rotatable bonds is 7. The molecule has 148 valence electrons. The molecule has 1 aromatic carbocycles. The summed E-state index contributed by atoms with van der Waals surface area (Å²) in [5.41, 5.74) is 0.266. The van der Waals surface area contributed by atoms with Gasteiger partial charge in [-0.15, -0.1) is 0 Å². The van der Waals surface area contributed by atoms with E-state index in [2.05, 4.69) is 5.32 Å². The van der Waals surface area contributed by atoms with Gasteiger partial charge in [0.25, 0.3) is 0 Å². The Labute approximate surface area is 158 Å². The monoisotopic (exact) mass is 396 g/mol. The summed E-state index contributed by atoms with van der Waals surface area (Å²) in [5, 5.41) is 12.0. The van der Waals surface area contributed by atoms with Crippen LogP contribution in [0.2, 0.25) is 0 Å². The van der Waals surface area contributed by atoms with Crippen LogP contribution in [0.1, 0.15) is 19.8 Å². The lowest BCUT2D eigenvalue weighted by molar-refractivity contribution is -0.146. The SMILES string of the molecule is CCOc1ccc(NC(=O)[C@@H]2CC=CC[C@@H]2C(=O)O)cc1S(=O)(=O)N(C)C. The van der Waals surface area contributed by atoms with Gasteiger partial charge < -0.3 is 15.2 Å². The zero-order chi connectivity index (χ0) is 20.2. The number of ether oxygens (including phenoxy) is 1. The van der Waals surface area contributed by atoms with Gasteiger partial charge >= 0.3 is 5.97 Å². The van der Waals surface area contributed by atoms with E-state index in [1.165, 1.54) is 32.3 Å². The summed E-state index contributed by atoms with van der Waals surface area (Å²) in [6.45, 7) is 2.03. The standard InChI is InChI=1S/C18H24N2O6S/c1-4-26-15-10-9-12(11-16(15)27(24,25)20(2)3)19-17(21)13-7-5-6-8-14(13)18(22)23/h5-6,9-11,13-14H,4,7-8H2,1-3H3,(H,19,21)(H,22,23)/t13-,14+/m1/s1. The molecule has 0 fully saturated rings. The number of allylic oxidation sites excluding steroid dienone is 2. The van der Waals surface area contributed by atoms with Gasteiger partial charge in [0.1, 0.15) is 10.6 Å². The molecular formula is C18H24N2O6S. The lowest BCUT2D eigenvalue weighted by Crippen LogP contribution is -2.34. The maximum Gasteiger partial charge on any atom is 0.307 e. The highest BCUT2D eigenvalue weighted by Crippen LogP contribution is 2.31. The van der Waals surface area contributed by atoms with E-state index in [0.717, 1.165) is 4.31 Å². The highest BCUT2D eigenvalue weighted by atomic mass is 32.2. The Bertz CT molecular complexity index is 847. The normalized spacial score (nSPS) is 19.7. The number of carboxylic acids is 1. The number of sulfonamides is 1. The van der Waals surface area contributed by atoms with Gasteiger partial charge in [-0.2, -0.15) is 0 Å². The van der Waals surface area contributed by atoms with E-state index in [-0.39, 0.29) is 29.4 Å². The van der Waals surface area contributed by atoms with Gasteiger partial charge in [-0.05, 0) is 38.0 Å². The van der Waals surface area contributed by atoms with Crippen LogP contribution in [0.15, 0.2) is 35.2 Å². The van der Waals surface area contributed by atoms with Crippen LogP contribution >= 0.6 is 0 Å². The molecule has 2 N–H and O–H groups in total. The summed E-state index contributed by atoms with van der Waals surface area (Å²) in [6.07, 6.45) is 4.14. The van der Waals surface area contributed by atoms with E-state index in [0.29, 0.717) is 6.42 Å². The summed E-state index contributed by atoms with van der Waals surface area (Å²) >= 11 is 0. The minimum atomic E-state index is -3.79. The molecule has 0 saturated carbocycles. The zero-order valence-electron chi connectivity index (χ0n) is 15.5. The number of aliphatic carboxylic acids is 1. The summed E-state index contributed by atoms with van der Waals surface area (Å²) < 4.78 is 31.6. The first-order valence-corrected chi connectivity index (χ1v) is 10.0. The minimum Gasteiger partial charge on any atom is -0.492 e. The van der Waals surface area contributed by atoms with Crippen molar-refractivity contribution in [3.63, 3.8) is 0 Å². The second-order valence-electron chi connectivity index (χ2n) is 6.37. The van der Waals surface area contributed by atoms with E-state index in [1.807, 2.05) is 0 Å². The quantitative estimate of drug-likeness (QED) is 0.681. The summed E-state index contributed by atoms with van der Waals surface area (Å²) in [4.78, 5) is 23.9. The van der Waals surface area contributed by atoms with Gasteiger partial charge in [0, 0.05) is 19.8 Å². The summed E-state index contributed by atoms with van der Waals surface area (Å²) in [5.74, 6) is -2.81. The third-order valence-corrected chi connectivity index (χ3v) is 6.19. The molecule has 2 atom stereocenters. The van der Waals surface area contributed by atoms with Crippen LogP contribution in [-0.4, -0.2) is 50.4 Å². The number of carboxylic acid groups (broad SMARTS) is 1. The van der Waals surface area contributed by atoms with Crippen LogP contribution in [0.5, 0.6) is 5.75 Å². The van der Waals surface area contributed by atoms with E-state index in [9.17, 15) is 23.1 Å². The van der Waals surface area contributed by atoms with Crippen molar-refractivity contribution < 1.29 is 27.9 Å². The molecule has 0 saturated heterocycles. The largest absolute Gasteiger partial charge is 0.492 e. The van der Waals surface area contributed by atoms with Crippen LogP contribution in [0.3, 0.4) is 0 Å². The molecule has 0 radical (unpaired) electrons. The Hall–Kier alpha value is -2.39. The average Bonchev–Trinajstić information content (AvgIpc) is 2.62. The molecule has 0 bridgehead atoms. The summed E-state index contributed by atoms with van der Waals surface area (Å²) in [6, 6.07) is 4.34. The molecule has 0 spiro atoms. The second-order valence-corrected chi connectivity index (χ2v) is 8.49. The topological polar surface area (TPSA) is 113 Å². The average molecular weight is 396 g/mol. The molecule has 0 aliphatic heterocycles. The molecule has 9 heteroatoms. The van der Waals surface area contributed by atoms with Crippen molar-refractivity contribution in [1.82, 2.24) is 4.31 Å². The molecular weight excluding hydrogens is 372 g/mol. The van der Waals surface area contributed by atoms with Gasteiger partial charge in [0.15, 0.2) is 0 Å². The molecule has 1 aliphatic rings. The number of carbonyl (C=O) groups is 2. The number of amides is 1. The fourth-order valence-electron chi connectivity index (χ4n) is 2.87. The molecule has 1 aromatic rings. The molecule has 0 unspecified atom stereocenters. The third kappa shape index (κ3) is 4.67. The van der Waals surface area contributed by atoms with Crippen molar-refractivity contribution >= 4 is 27.6 Å². The van der Waals surface area contributed by atoms with Crippen molar-refractivity contribution in [2.24, 2.45) is 11.8 Å². The van der Waals surface area contributed by atoms with Crippen LogP contribution in [0.25, 0.3) is 0 Å². The van der Waals surface area contributed by atoms with Gasteiger partial charge in [-0.1, -0.05) is 12.2 Å². The van der Waals surface area contributed by atoms with Crippen molar-refractivity contribution in [2.75, 3.05) is 26.0 Å². The smallest absolute Gasteiger partial charge is 0.307 e. The number of benzene rings is 1. The predicted octanol–water partition coefficient (Wildman–Crippen LogP) is 1.94. The zero-order valence-corrected chi connectivity index (χ0v) is 16.3. The van der Waals surface area contributed by atoms with E-state index in [1.54, 1.807) is 19.1 Å². The van der Waals surface area contributed by atoms with Gasteiger partial charge in [-0.25, -0.2) is 12.7 Å². The predicted molar refractivity (Wildman–Crippen MR) is 100 cm³/mol. The van der Waals surface area contributed by atoms with Crippen LogP contribution in [0.4, 0.5) is 5.69 Å². The van der Waals surface area contributed by atoms with Crippen LogP contribution in [-0.2, 0) is 19.6 Å². The molecule has 1 aliphatic carbocycles. The fraction of sp³-hybridized carbons (Fsp3) is 0.444. The second kappa shape index (κ2) is 8.53. The van der Waals surface area contributed by atoms with E-state index in [4.69, 9.17) is 4.74 Å². The number of hydrogen-bond acceptors (Lipinski definition) is 5. The van der Waals surface area contributed by atoms with Crippen molar-refractivity contribution in [2.45, 2.75) is 24.7 Å². The Balaban J connectivity index is 2.32. The molecule has 27 heavy (non-hydrogen) atoms. The van der Waals surface area contributed by atoms with Crippen LogP contribution < -0.4 is 10.1 Å². The number of nitrogens with zero attached hydrogens (tertiary/aromatic N) is 1. The fourth-order valence-corrected chi connectivity index (χ4v) is 3.92. The third-order valence-electron chi connectivity index (χ3n) is 4.36. The van der Waals surface area contributed by atoms with Crippen LogP contribution in [0, 0.1) is 11.8 Å². The van der Waals surface area contributed by atoms with E-state index < -0.39 is 33.7 Å². The van der Waals surface area contributed by atoms with E-state index >= 15 is 0 Å². The highest BCUT2D eigenvalue weighted by Gasteiger charge is 2.34. The number of carbonyl (C=O) groups excluding carboxylic acids is 1. The first kappa shape index (κ1) is 20.9. The number of nitrogens with one attached hydrogen (secondary N) is 1. The Morgan fingerprint density at radius 3 is 2.41 bits per heavy atom. The molecule has 8 nitrogen and oxygen atoms in total. The molecule has 1 amide bonds. The first-order valence-electron chi connectivity index (χ1n) is 8.56. The maximum absolute atomic E-state index is 12.6. The Morgan fingerprint density at radius 2 is 1.85 bits per heavy atom. The van der Waals surface area contributed by atoms with Gasteiger partial charge in [0.2, 0.25) is 15.9 Å². The van der Waals surface area contributed by atoms with Gasteiger partial charge in [0.05, 0.1) is 18.4 Å². The lowest BCUT2D eigenvalue weighted by Gasteiger charge is -2.24. The maximum atomic E-state index is 12.6. The van der Waals surface area contributed by atoms with Crippen molar-refractivity contribution in [3.05, 3.63) is 30.4 Å². The van der Waals surface area contributed by atoms with Crippen molar-refractivity contribution in [3.8, 4) is 5.75 Å². The minimum absolute atomic E-state index is 0.0644. The van der Waals surface area contributed by atoms with Gasteiger partial charge in [-0.3, -0.25) is 9.59 Å². The Kier molecular flexibility index (Phi) is 6.61. The number of hydrogen-bond donors (Lipinski definition) is 2. The number of anilines is 1. The first-order chi connectivity index (χ1) is 12.7.